The third-order valence-electron chi connectivity index (χ3n) is 6.39. The van der Waals surface area contributed by atoms with Crippen molar-refractivity contribution in [2.24, 2.45) is 0 Å². The topological polar surface area (TPSA) is 52.7 Å². The highest BCUT2D eigenvalue weighted by Crippen LogP contribution is 2.28. The second-order valence-electron chi connectivity index (χ2n) is 8.06. The van der Waals surface area contributed by atoms with Crippen LogP contribution in [0.4, 0.5) is 11.4 Å². The summed E-state index contributed by atoms with van der Waals surface area (Å²) in [7, 11) is -3.24. The van der Waals surface area contributed by atoms with Crippen molar-refractivity contribution in [3.8, 4) is 0 Å². The van der Waals surface area contributed by atoms with Crippen molar-refractivity contribution < 1.29 is 8.42 Å². The van der Waals surface area contributed by atoms with Gasteiger partial charge in [-0.1, -0.05) is 25.7 Å². The molecule has 1 N–H and O–H groups in total. The van der Waals surface area contributed by atoms with Gasteiger partial charge < -0.3 is 4.90 Å². The van der Waals surface area contributed by atoms with Crippen molar-refractivity contribution in [2.45, 2.75) is 62.7 Å². The number of anilines is 2. The van der Waals surface area contributed by atoms with Gasteiger partial charge in [0.2, 0.25) is 10.0 Å². The summed E-state index contributed by atoms with van der Waals surface area (Å²) in [5.41, 5.74) is 1.88. The van der Waals surface area contributed by atoms with E-state index >= 15 is 0 Å². The summed E-state index contributed by atoms with van der Waals surface area (Å²) in [6.07, 6.45) is 9.16. The summed E-state index contributed by atoms with van der Waals surface area (Å²) in [6, 6.07) is 8.73. The van der Waals surface area contributed by atoms with E-state index in [0.29, 0.717) is 5.69 Å². The molecule has 1 aliphatic heterocycles. The van der Waals surface area contributed by atoms with E-state index in [1.807, 2.05) is 12.1 Å². The lowest BCUT2D eigenvalue weighted by molar-refractivity contribution is 0.187. The number of hydrogen-bond acceptors (Lipinski definition) is 4. The Morgan fingerprint density at radius 3 is 2.00 bits per heavy atom. The Morgan fingerprint density at radius 2 is 1.38 bits per heavy atom. The van der Waals surface area contributed by atoms with Crippen molar-refractivity contribution in [2.75, 3.05) is 35.8 Å². The minimum absolute atomic E-state index is 0.217. The van der Waals surface area contributed by atoms with Crippen molar-refractivity contribution >= 4 is 21.4 Å². The Labute approximate surface area is 157 Å². The number of hydrogen-bond donors (Lipinski definition) is 1. The zero-order chi connectivity index (χ0) is 18.0. The molecular formula is C20H31N3O2S. The summed E-state index contributed by atoms with van der Waals surface area (Å²) in [5.74, 6) is 0. The Balaban J connectivity index is 1.33. The highest BCUT2D eigenvalue weighted by molar-refractivity contribution is 7.93. The fraction of sp³-hybridized carbons (Fsp3) is 0.700. The number of piperazine rings is 1. The monoisotopic (exact) mass is 377 g/mol. The van der Waals surface area contributed by atoms with Gasteiger partial charge in [0, 0.05) is 43.6 Å². The number of benzene rings is 1. The van der Waals surface area contributed by atoms with E-state index < -0.39 is 10.0 Å². The van der Waals surface area contributed by atoms with E-state index in [1.165, 1.54) is 31.4 Å². The fourth-order valence-corrected chi connectivity index (χ4v) is 6.39. The van der Waals surface area contributed by atoms with Gasteiger partial charge in [-0.25, -0.2) is 8.42 Å². The molecule has 0 bridgehead atoms. The smallest absolute Gasteiger partial charge is 0.235 e. The maximum absolute atomic E-state index is 12.4. The number of nitrogens with one attached hydrogen (secondary N) is 1. The molecule has 144 valence electrons. The van der Waals surface area contributed by atoms with Crippen molar-refractivity contribution in [1.82, 2.24) is 4.90 Å². The molecule has 3 aliphatic rings. The average Bonchev–Trinajstić information content (AvgIpc) is 3.36. The van der Waals surface area contributed by atoms with Gasteiger partial charge in [0.15, 0.2) is 0 Å². The molecule has 5 nitrogen and oxygen atoms in total. The van der Waals surface area contributed by atoms with Crippen LogP contribution in [0.5, 0.6) is 0 Å². The van der Waals surface area contributed by atoms with Crippen LogP contribution in [0.3, 0.4) is 0 Å². The Bertz CT molecular complexity index is 684. The summed E-state index contributed by atoms with van der Waals surface area (Å²) in [6.45, 7) is 4.40. The highest BCUT2D eigenvalue weighted by atomic mass is 32.2. The first-order valence-corrected chi connectivity index (χ1v) is 11.8. The second-order valence-corrected chi connectivity index (χ2v) is 10.0. The summed E-state index contributed by atoms with van der Waals surface area (Å²) in [4.78, 5) is 5.08. The van der Waals surface area contributed by atoms with Crippen LogP contribution in [0.1, 0.15) is 51.4 Å². The number of nitrogens with zero attached hydrogens (tertiary/aromatic N) is 2. The number of rotatable bonds is 5. The minimum Gasteiger partial charge on any atom is -0.369 e. The average molecular weight is 378 g/mol. The molecule has 1 aromatic rings. The molecule has 3 fully saturated rings. The summed E-state index contributed by atoms with van der Waals surface area (Å²) in [5, 5.41) is -0.217. The second kappa shape index (κ2) is 7.77. The summed E-state index contributed by atoms with van der Waals surface area (Å²) < 4.78 is 27.6. The van der Waals surface area contributed by atoms with Crippen molar-refractivity contribution in [3.63, 3.8) is 0 Å². The van der Waals surface area contributed by atoms with Crippen LogP contribution in [-0.2, 0) is 10.0 Å². The SMILES string of the molecule is O=S(=O)(Nc1ccc(N2CCN(C3CCCC3)CC2)cc1)C1CCCC1. The lowest BCUT2D eigenvalue weighted by Gasteiger charge is -2.39. The van der Waals surface area contributed by atoms with Gasteiger partial charge in [-0.2, -0.15) is 0 Å². The quantitative estimate of drug-likeness (QED) is 0.854. The van der Waals surface area contributed by atoms with E-state index in [1.54, 1.807) is 0 Å². The van der Waals surface area contributed by atoms with Crippen LogP contribution in [0, 0.1) is 0 Å². The first kappa shape index (κ1) is 18.1. The van der Waals surface area contributed by atoms with Crippen LogP contribution < -0.4 is 9.62 Å². The molecule has 2 aliphatic carbocycles. The molecule has 1 aromatic carbocycles. The van der Waals surface area contributed by atoms with E-state index in [9.17, 15) is 8.42 Å². The molecule has 0 unspecified atom stereocenters. The summed E-state index contributed by atoms with van der Waals surface area (Å²) >= 11 is 0. The first-order chi connectivity index (χ1) is 12.6. The van der Waals surface area contributed by atoms with Crippen LogP contribution in [0.15, 0.2) is 24.3 Å². The van der Waals surface area contributed by atoms with Crippen LogP contribution >= 0.6 is 0 Å². The molecule has 0 spiro atoms. The van der Waals surface area contributed by atoms with Crippen molar-refractivity contribution in [3.05, 3.63) is 24.3 Å². The van der Waals surface area contributed by atoms with Crippen molar-refractivity contribution in [1.29, 1.82) is 0 Å². The largest absolute Gasteiger partial charge is 0.369 e. The number of sulfonamides is 1. The Hall–Kier alpha value is -1.27. The molecule has 0 amide bonds. The highest BCUT2D eigenvalue weighted by Gasteiger charge is 2.29. The van der Waals surface area contributed by atoms with Crippen LogP contribution in [0.25, 0.3) is 0 Å². The molecule has 1 saturated heterocycles. The van der Waals surface area contributed by atoms with Gasteiger partial charge in [-0.15, -0.1) is 0 Å². The van der Waals surface area contributed by atoms with Gasteiger partial charge >= 0.3 is 0 Å². The van der Waals surface area contributed by atoms with E-state index in [2.05, 4.69) is 26.7 Å². The molecule has 0 atom stereocenters. The lowest BCUT2D eigenvalue weighted by Crippen LogP contribution is -2.49. The van der Waals surface area contributed by atoms with Gasteiger partial charge in [-0.3, -0.25) is 9.62 Å². The standard InChI is InChI=1S/C20H31N3O2S/c24-26(25,20-7-3-4-8-20)21-17-9-11-19(12-10-17)23-15-13-22(14-16-23)18-5-1-2-6-18/h9-12,18,20-21H,1-8,13-16H2. The third-order valence-corrected chi connectivity index (χ3v) is 8.26. The van der Waals surface area contributed by atoms with E-state index in [0.717, 1.165) is 57.9 Å². The molecular weight excluding hydrogens is 346 g/mol. The van der Waals surface area contributed by atoms with E-state index in [-0.39, 0.29) is 5.25 Å². The third kappa shape index (κ3) is 4.01. The molecule has 0 aromatic heterocycles. The predicted molar refractivity (Wildman–Crippen MR) is 107 cm³/mol. The maximum Gasteiger partial charge on any atom is 0.235 e. The first-order valence-electron chi connectivity index (χ1n) is 10.2. The van der Waals surface area contributed by atoms with Gasteiger partial charge in [0.05, 0.1) is 5.25 Å². The van der Waals surface area contributed by atoms with Crippen LogP contribution in [-0.4, -0.2) is 50.8 Å². The van der Waals surface area contributed by atoms with Gasteiger partial charge in [-0.05, 0) is 49.9 Å². The zero-order valence-electron chi connectivity index (χ0n) is 15.6. The zero-order valence-corrected chi connectivity index (χ0v) is 16.4. The molecule has 2 saturated carbocycles. The van der Waals surface area contributed by atoms with Gasteiger partial charge in [0.25, 0.3) is 0 Å². The fourth-order valence-electron chi connectivity index (χ4n) is 4.80. The predicted octanol–water partition coefficient (Wildman–Crippen LogP) is 3.44. The Morgan fingerprint density at radius 1 is 0.808 bits per heavy atom. The minimum atomic E-state index is -3.24. The molecule has 4 rings (SSSR count). The molecule has 0 radical (unpaired) electrons. The lowest BCUT2D eigenvalue weighted by atomic mass is 10.1. The molecule has 1 heterocycles. The molecule has 26 heavy (non-hydrogen) atoms. The molecule has 6 heteroatoms. The maximum atomic E-state index is 12.4. The normalized spacial score (nSPS) is 23.6. The van der Waals surface area contributed by atoms with Crippen LogP contribution in [0.2, 0.25) is 0 Å². The Kier molecular flexibility index (Phi) is 5.41. The van der Waals surface area contributed by atoms with E-state index in [4.69, 9.17) is 0 Å². The van der Waals surface area contributed by atoms with Gasteiger partial charge in [0.1, 0.15) is 0 Å².